The summed E-state index contributed by atoms with van der Waals surface area (Å²) in [6.45, 7) is 9.08. The van der Waals surface area contributed by atoms with Crippen molar-refractivity contribution >= 4 is 5.69 Å². The zero-order valence-corrected chi connectivity index (χ0v) is 11.7. The molecule has 1 aliphatic rings. The fourth-order valence-corrected chi connectivity index (χ4v) is 2.41. The highest BCUT2D eigenvalue weighted by atomic mass is 16.5. The monoisotopic (exact) mass is 248 g/mol. The largest absolute Gasteiger partial charge is 0.378 e. The third kappa shape index (κ3) is 3.03. The Bertz CT molecular complexity index is 384. The highest BCUT2D eigenvalue weighted by Crippen LogP contribution is 2.26. The Balaban J connectivity index is 2.27. The van der Waals surface area contributed by atoms with Gasteiger partial charge in [0.15, 0.2) is 0 Å². The zero-order valence-electron chi connectivity index (χ0n) is 11.7. The second-order valence-corrected chi connectivity index (χ2v) is 5.17. The predicted molar refractivity (Wildman–Crippen MR) is 76.3 cm³/mol. The van der Waals surface area contributed by atoms with Gasteiger partial charge in [-0.15, -0.1) is 0 Å². The molecular weight excluding hydrogens is 224 g/mol. The second kappa shape index (κ2) is 6.21. The van der Waals surface area contributed by atoms with Crippen LogP contribution < -0.4 is 10.2 Å². The molecule has 0 aliphatic carbocycles. The van der Waals surface area contributed by atoms with Crippen molar-refractivity contribution in [1.29, 1.82) is 0 Å². The lowest BCUT2D eigenvalue weighted by atomic mass is 9.99. The Kier molecular flexibility index (Phi) is 4.61. The van der Waals surface area contributed by atoms with Crippen molar-refractivity contribution in [2.75, 3.05) is 38.3 Å². The van der Waals surface area contributed by atoms with Crippen LogP contribution in [0.4, 0.5) is 5.69 Å². The van der Waals surface area contributed by atoms with E-state index in [2.05, 4.69) is 42.3 Å². The van der Waals surface area contributed by atoms with Gasteiger partial charge in [-0.1, -0.05) is 26.0 Å². The summed E-state index contributed by atoms with van der Waals surface area (Å²) in [7, 11) is 2.01. The van der Waals surface area contributed by atoms with Crippen LogP contribution in [0.1, 0.15) is 30.9 Å². The molecule has 0 bridgehead atoms. The number of nitrogens with zero attached hydrogens (tertiary/aromatic N) is 1. The average molecular weight is 248 g/mol. The first-order chi connectivity index (χ1) is 8.72. The Morgan fingerprint density at radius 2 is 2.00 bits per heavy atom. The van der Waals surface area contributed by atoms with Crippen LogP contribution in [-0.4, -0.2) is 33.4 Å². The van der Waals surface area contributed by atoms with Gasteiger partial charge in [0.05, 0.1) is 13.2 Å². The van der Waals surface area contributed by atoms with Gasteiger partial charge in [-0.3, -0.25) is 0 Å². The van der Waals surface area contributed by atoms with Gasteiger partial charge >= 0.3 is 0 Å². The van der Waals surface area contributed by atoms with Crippen molar-refractivity contribution in [3.05, 3.63) is 29.3 Å². The van der Waals surface area contributed by atoms with Gasteiger partial charge in [-0.2, -0.15) is 0 Å². The molecule has 3 heteroatoms. The lowest BCUT2D eigenvalue weighted by Gasteiger charge is -2.31. The van der Waals surface area contributed by atoms with Gasteiger partial charge in [-0.25, -0.2) is 0 Å². The average Bonchev–Trinajstić information content (AvgIpc) is 2.40. The lowest BCUT2D eigenvalue weighted by Crippen LogP contribution is -2.37. The number of anilines is 1. The lowest BCUT2D eigenvalue weighted by molar-refractivity contribution is 0.122. The molecule has 0 amide bonds. The van der Waals surface area contributed by atoms with Crippen molar-refractivity contribution in [2.45, 2.75) is 26.3 Å². The summed E-state index contributed by atoms with van der Waals surface area (Å²) in [6, 6.07) is 6.87. The summed E-state index contributed by atoms with van der Waals surface area (Å²) < 4.78 is 5.43. The molecule has 0 unspecified atom stereocenters. The standard InChI is InChI=1S/C15H24N2O/c1-12(2)13-4-5-15(14(10-13)11-16-3)17-6-8-18-9-7-17/h4-5,10,12,16H,6-9,11H2,1-3H3. The summed E-state index contributed by atoms with van der Waals surface area (Å²) in [5.41, 5.74) is 4.17. The first-order valence-corrected chi connectivity index (χ1v) is 6.82. The maximum Gasteiger partial charge on any atom is 0.0642 e. The quantitative estimate of drug-likeness (QED) is 0.885. The van der Waals surface area contributed by atoms with Gasteiger partial charge in [0, 0.05) is 25.3 Å². The third-order valence-corrected chi connectivity index (χ3v) is 3.49. The summed E-state index contributed by atoms with van der Waals surface area (Å²) in [6.07, 6.45) is 0. The molecule has 1 N–H and O–H groups in total. The smallest absolute Gasteiger partial charge is 0.0642 e. The number of ether oxygens (including phenoxy) is 1. The predicted octanol–water partition coefficient (Wildman–Crippen LogP) is 2.37. The van der Waals surface area contributed by atoms with Crippen molar-refractivity contribution in [2.24, 2.45) is 0 Å². The molecule has 1 aromatic rings. The maximum absolute atomic E-state index is 5.43. The van der Waals surface area contributed by atoms with Gasteiger partial charge < -0.3 is 15.0 Å². The molecule has 1 heterocycles. The molecule has 1 fully saturated rings. The molecule has 1 aromatic carbocycles. The van der Waals surface area contributed by atoms with E-state index < -0.39 is 0 Å². The summed E-state index contributed by atoms with van der Waals surface area (Å²) >= 11 is 0. The molecule has 2 rings (SSSR count). The first-order valence-electron chi connectivity index (χ1n) is 6.82. The Morgan fingerprint density at radius 1 is 1.28 bits per heavy atom. The van der Waals surface area contributed by atoms with Crippen molar-refractivity contribution in [1.82, 2.24) is 5.32 Å². The molecule has 100 valence electrons. The van der Waals surface area contributed by atoms with E-state index in [0.29, 0.717) is 5.92 Å². The minimum atomic E-state index is 0.583. The molecule has 3 nitrogen and oxygen atoms in total. The maximum atomic E-state index is 5.43. The Hall–Kier alpha value is -1.06. The number of hydrogen-bond donors (Lipinski definition) is 1. The molecule has 0 radical (unpaired) electrons. The highest BCUT2D eigenvalue weighted by molar-refractivity contribution is 5.55. The van der Waals surface area contributed by atoms with Crippen molar-refractivity contribution in [3.63, 3.8) is 0 Å². The minimum absolute atomic E-state index is 0.583. The first kappa shape index (κ1) is 13.4. The molecule has 0 aromatic heterocycles. The molecule has 0 spiro atoms. The van der Waals surface area contributed by atoms with Crippen LogP contribution in [-0.2, 0) is 11.3 Å². The van der Waals surface area contributed by atoms with Crippen LogP contribution in [0.15, 0.2) is 18.2 Å². The minimum Gasteiger partial charge on any atom is -0.378 e. The Labute approximate surface area is 110 Å². The third-order valence-electron chi connectivity index (χ3n) is 3.49. The molecule has 0 saturated carbocycles. The van der Waals surface area contributed by atoms with Gasteiger partial charge in [0.25, 0.3) is 0 Å². The fourth-order valence-electron chi connectivity index (χ4n) is 2.41. The van der Waals surface area contributed by atoms with Crippen molar-refractivity contribution in [3.8, 4) is 0 Å². The van der Waals surface area contributed by atoms with E-state index in [1.165, 1.54) is 16.8 Å². The SMILES string of the molecule is CNCc1cc(C(C)C)ccc1N1CCOCC1. The van der Waals surface area contributed by atoms with Crippen LogP contribution in [0.3, 0.4) is 0 Å². The number of rotatable bonds is 4. The van der Waals surface area contributed by atoms with E-state index in [1.54, 1.807) is 0 Å². The van der Waals surface area contributed by atoms with Crippen molar-refractivity contribution < 1.29 is 4.74 Å². The summed E-state index contributed by atoms with van der Waals surface area (Å²) in [4.78, 5) is 2.43. The number of nitrogens with one attached hydrogen (secondary N) is 1. The van der Waals surface area contributed by atoms with E-state index >= 15 is 0 Å². The zero-order chi connectivity index (χ0) is 13.0. The highest BCUT2D eigenvalue weighted by Gasteiger charge is 2.15. The van der Waals surface area contributed by atoms with Crippen LogP contribution in [0, 0.1) is 0 Å². The van der Waals surface area contributed by atoms with E-state index in [9.17, 15) is 0 Å². The summed E-state index contributed by atoms with van der Waals surface area (Å²) in [5, 5.41) is 3.27. The number of hydrogen-bond acceptors (Lipinski definition) is 3. The molecule has 18 heavy (non-hydrogen) atoms. The molecular formula is C15H24N2O. The van der Waals surface area contributed by atoms with Gasteiger partial charge in [0.2, 0.25) is 0 Å². The van der Waals surface area contributed by atoms with Gasteiger partial charge in [-0.05, 0) is 30.2 Å². The van der Waals surface area contributed by atoms with E-state index in [0.717, 1.165) is 32.8 Å². The van der Waals surface area contributed by atoms with Crippen LogP contribution in [0.25, 0.3) is 0 Å². The second-order valence-electron chi connectivity index (χ2n) is 5.17. The topological polar surface area (TPSA) is 24.5 Å². The number of morpholine rings is 1. The van der Waals surface area contributed by atoms with E-state index in [-0.39, 0.29) is 0 Å². The number of benzene rings is 1. The normalized spacial score (nSPS) is 16.3. The summed E-state index contributed by atoms with van der Waals surface area (Å²) in [5.74, 6) is 0.583. The molecule has 1 saturated heterocycles. The van der Waals surface area contributed by atoms with E-state index in [1.807, 2.05) is 7.05 Å². The van der Waals surface area contributed by atoms with Gasteiger partial charge in [0.1, 0.15) is 0 Å². The molecule has 1 aliphatic heterocycles. The molecule has 0 atom stereocenters. The van der Waals surface area contributed by atoms with E-state index in [4.69, 9.17) is 4.74 Å². The van der Waals surface area contributed by atoms with Crippen LogP contribution in [0.2, 0.25) is 0 Å². The van der Waals surface area contributed by atoms with Crippen LogP contribution >= 0.6 is 0 Å². The fraction of sp³-hybridized carbons (Fsp3) is 0.600. The Morgan fingerprint density at radius 3 is 2.61 bits per heavy atom. The van der Waals surface area contributed by atoms with Crippen LogP contribution in [0.5, 0.6) is 0 Å².